The molecule has 28 heavy (non-hydrogen) atoms. The van der Waals surface area contributed by atoms with E-state index in [1.54, 1.807) is 10.6 Å². The maximum atomic E-state index is 12.7. The number of benzene rings is 1. The summed E-state index contributed by atoms with van der Waals surface area (Å²) in [6.45, 7) is 0. The van der Waals surface area contributed by atoms with E-state index in [-0.39, 0.29) is 19.5 Å². The van der Waals surface area contributed by atoms with Crippen LogP contribution in [0.4, 0.5) is 30.6 Å². The van der Waals surface area contributed by atoms with Crippen molar-refractivity contribution in [1.29, 1.82) is 0 Å². The van der Waals surface area contributed by atoms with Crippen molar-refractivity contribution in [2.75, 3.05) is 10.6 Å². The molecule has 0 bridgehead atoms. The first-order chi connectivity index (χ1) is 13.4. The lowest BCUT2D eigenvalue weighted by Gasteiger charge is -2.27. The van der Waals surface area contributed by atoms with Gasteiger partial charge in [0.05, 0.1) is 11.7 Å². The zero-order valence-corrected chi connectivity index (χ0v) is 14.9. The van der Waals surface area contributed by atoms with E-state index in [1.807, 2.05) is 12.1 Å². The predicted octanol–water partition coefficient (Wildman–Crippen LogP) is 4.45. The fourth-order valence-electron chi connectivity index (χ4n) is 3.44. The molecule has 0 radical (unpaired) electrons. The predicted molar refractivity (Wildman–Crippen MR) is 102 cm³/mol. The van der Waals surface area contributed by atoms with Gasteiger partial charge in [-0.3, -0.25) is 0 Å². The lowest BCUT2D eigenvalue weighted by atomic mass is 9.93. The van der Waals surface area contributed by atoms with Crippen molar-refractivity contribution in [1.82, 2.24) is 14.6 Å². The maximum absolute atomic E-state index is 12.7. The number of aliphatic hydroxyl groups is 1. The molecule has 2 aromatic heterocycles. The molecular weight excluding hydrogens is 371 g/mol. The fraction of sp³-hybridized carbons (Fsp3) is 0.368. The van der Waals surface area contributed by atoms with E-state index in [2.05, 4.69) is 20.7 Å². The number of fused-ring (bicyclic) bond motifs is 1. The monoisotopic (exact) mass is 393 g/mol. The molecule has 2 atom stereocenters. The van der Waals surface area contributed by atoms with Crippen LogP contribution in [0.2, 0.25) is 0 Å². The second kappa shape index (κ2) is 7.31. The van der Waals surface area contributed by atoms with Gasteiger partial charge < -0.3 is 15.7 Å². The van der Waals surface area contributed by atoms with Gasteiger partial charge in [0.2, 0.25) is 5.95 Å². The first kappa shape index (κ1) is 18.5. The molecule has 1 aliphatic rings. The molecular formula is C19H22F3N5O. The number of hydrogen-bond acceptors (Lipinski definition) is 5. The van der Waals surface area contributed by atoms with Crippen molar-refractivity contribution in [3.05, 3.63) is 48.0 Å². The summed E-state index contributed by atoms with van der Waals surface area (Å²) in [5, 5.41) is 20.6. The summed E-state index contributed by atoms with van der Waals surface area (Å²) in [5.74, 6) is 1.04. The highest BCUT2D eigenvalue weighted by molar-refractivity contribution is 5.58. The Morgan fingerprint density at radius 1 is 1.11 bits per heavy atom. The average Bonchev–Trinajstić information content (AvgIpc) is 3.05. The van der Waals surface area contributed by atoms with E-state index in [0.717, 1.165) is 37.2 Å². The minimum atomic E-state index is -4.37. The van der Waals surface area contributed by atoms with Gasteiger partial charge in [-0.05, 0) is 62.1 Å². The van der Waals surface area contributed by atoms with Crippen molar-refractivity contribution in [3.8, 4) is 0 Å². The van der Waals surface area contributed by atoms with E-state index >= 15 is 0 Å². The number of anilines is 3. The van der Waals surface area contributed by atoms with Crippen LogP contribution in [0.25, 0.3) is 5.65 Å². The summed E-state index contributed by atoms with van der Waals surface area (Å²) in [7, 11) is 0. The van der Waals surface area contributed by atoms with Crippen LogP contribution in [0.1, 0.15) is 32.7 Å². The lowest BCUT2D eigenvalue weighted by Crippen LogP contribution is -2.30. The molecule has 2 heterocycles. The SMILES string of the molecule is O[C@@H]1CCC[C@H](Nc2cccc3nc(Nc4ccc(C(F)(F)F)cc4)nn23)C1.[HH]. The number of halogens is 3. The quantitative estimate of drug-likeness (QED) is 0.611. The normalized spacial score (nSPS) is 20.3. The summed E-state index contributed by atoms with van der Waals surface area (Å²) in [6.07, 6.45) is -1.22. The first-order valence-corrected chi connectivity index (χ1v) is 9.13. The minimum Gasteiger partial charge on any atom is -0.393 e. The Kier molecular flexibility index (Phi) is 4.84. The van der Waals surface area contributed by atoms with Crippen molar-refractivity contribution in [2.45, 2.75) is 44.0 Å². The van der Waals surface area contributed by atoms with Gasteiger partial charge in [0, 0.05) is 13.2 Å². The lowest BCUT2D eigenvalue weighted by molar-refractivity contribution is -0.137. The van der Waals surface area contributed by atoms with Crippen molar-refractivity contribution in [2.24, 2.45) is 0 Å². The zero-order chi connectivity index (χ0) is 19.7. The molecule has 4 rings (SSSR count). The number of hydrogen-bond donors (Lipinski definition) is 3. The average molecular weight is 393 g/mol. The molecule has 1 aliphatic carbocycles. The van der Waals surface area contributed by atoms with Crippen molar-refractivity contribution >= 4 is 23.1 Å². The fourth-order valence-corrected chi connectivity index (χ4v) is 3.44. The number of nitrogens with one attached hydrogen (secondary N) is 2. The molecule has 1 fully saturated rings. The summed E-state index contributed by atoms with van der Waals surface area (Å²) < 4.78 is 39.7. The van der Waals surface area contributed by atoms with Crippen LogP contribution in [0.5, 0.6) is 0 Å². The Labute approximate surface area is 160 Å². The van der Waals surface area contributed by atoms with E-state index in [1.165, 1.54) is 12.1 Å². The van der Waals surface area contributed by atoms with Crippen LogP contribution in [-0.4, -0.2) is 31.9 Å². The number of alkyl halides is 3. The highest BCUT2D eigenvalue weighted by Crippen LogP contribution is 2.30. The molecule has 0 unspecified atom stereocenters. The molecule has 3 aromatic rings. The summed E-state index contributed by atoms with van der Waals surface area (Å²) >= 11 is 0. The topological polar surface area (TPSA) is 74.5 Å². The molecule has 6 nitrogen and oxygen atoms in total. The Hall–Kier alpha value is -2.81. The van der Waals surface area contributed by atoms with E-state index in [0.29, 0.717) is 17.8 Å². The second-order valence-corrected chi connectivity index (χ2v) is 6.98. The van der Waals surface area contributed by atoms with Gasteiger partial charge in [-0.25, -0.2) is 0 Å². The standard InChI is InChI=1S/C19H20F3N5O.H2/c20-19(21,22)12-7-9-13(10-8-12)24-18-25-17-6-2-5-16(27(17)26-18)23-14-3-1-4-15(28)11-14;/h2,5-10,14-15,23,28H,1,3-4,11H2,(H,24,26);1H/t14-,15+;/m0./s1. The van der Waals surface area contributed by atoms with E-state index in [4.69, 9.17) is 0 Å². The Bertz CT molecular complexity index is 961. The molecule has 0 aliphatic heterocycles. The van der Waals surface area contributed by atoms with Gasteiger partial charge in [-0.2, -0.15) is 22.7 Å². The summed E-state index contributed by atoms with van der Waals surface area (Å²) in [5.41, 5.74) is 0.367. The van der Waals surface area contributed by atoms with Gasteiger partial charge in [-0.1, -0.05) is 6.07 Å². The van der Waals surface area contributed by atoms with Gasteiger partial charge in [0.25, 0.3) is 0 Å². The van der Waals surface area contributed by atoms with Crippen molar-refractivity contribution in [3.63, 3.8) is 0 Å². The van der Waals surface area contributed by atoms with E-state index < -0.39 is 11.7 Å². The largest absolute Gasteiger partial charge is 0.416 e. The molecule has 150 valence electrons. The first-order valence-electron chi connectivity index (χ1n) is 9.13. The van der Waals surface area contributed by atoms with E-state index in [9.17, 15) is 18.3 Å². The molecule has 0 spiro atoms. The maximum Gasteiger partial charge on any atom is 0.416 e. The van der Waals surface area contributed by atoms with Crippen LogP contribution in [0.15, 0.2) is 42.5 Å². The third kappa shape index (κ3) is 4.04. The zero-order valence-electron chi connectivity index (χ0n) is 14.9. The second-order valence-electron chi connectivity index (χ2n) is 6.98. The third-order valence-electron chi connectivity index (χ3n) is 4.83. The summed E-state index contributed by atoms with van der Waals surface area (Å²) in [4.78, 5) is 4.38. The Balaban J connectivity index is 0.00000240. The number of pyridine rings is 1. The summed E-state index contributed by atoms with van der Waals surface area (Å²) in [6, 6.07) is 10.4. The molecule has 0 amide bonds. The molecule has 0 saturated heterocycles. The number of aromatic nitrogens is 3. The van der Waals surface area contributed by atoms with Crippen LogP contribution < -0.4 is 10.6 Å². The highest BCUT2D eigenvalue weighted by atomic mass is 19.4. The van der Waals surface area contributed by atoms with Crippen LogP contribution in [0, 0.1) is 0 Å². The highest BCUT2D eigenvalue weighted by Gasteiger charge is 2.30. The van der Waals surface area contributed by atoms with Gasteiger partial charge in [0.1, 0.15) is 5.82 Å². The Morgan fingerprint density at radius 3 is 2.61 bits per heavy atom. The molecule has 1 saturated carbocycles. The smallest absolute Gasteiger partial charge is 0.393 e. The van der Waals surface area contributed by atoms with Crippen LogP contribution >= 0.6 is 0 Å². The van der Waals surface area contributed by atoms with Crippen molar-refractivity contribution < 1.29 is 19.7 Å². The molecule has 1 aromatic carbocycles. The van der Waals surface area contributed by atoms with Gasteiger partial charge >= 0.3 is 6.18 Å². The molecule has 9 heteroatoms. The van der Waals surface area contributed by atoms with Gasteiger partial charge in [-0.15, -0.1) is 5.10 Å². The Morgan fingerprint density at radius 2 is 1.89 bits per heavy atom. The minimum absolute atomic E-state index is 0. The number of aliphatic hydroxyl groups excluding tert-OH is 1. The van der Waals surface area contributed by atoms with Crippen LogP contribution in [-0.2, 0) is 6.18 Å². The van der Waals surface area contributed by atoms with Gasteiger partial charge in [0.15, 0.2) is 5.65 Å². The third-order valence-corrected chi connectivity index (χ3v) is 4.83. The number of rotatable bonds is 4. The van der Waals surface area contributed by atoms with Crippen LogP contribution in [0.3, 0.4) is 0 Å². The number of nitrogens with zero attached hydrogens (tertiary/aromatic N) is 3. The molecule has 3 N–H and O–H groups in total.